The van der Waals surface area contributed by atoms with Crippen LogP contribution in [0.3, 0.4) is 0 Å². The molecular formula is C11H18F3NO. The molecule has 0 unspecified atom stereocenters. The Morgan fingerprint density at radius 3 is 2.38 bits per heavy atom. The van der Waals surface area contributed by atoms with Gasteiger partial charge in [-0.25, -0.2) is 0 Å². The number of aliphatic hydroxyl groups excluding tert-OH is 1. The zero-order valence-corrected chi connectivity index (χ0v) is 9.21. The van der Waals surface area contributed by atoms with Crippen LogP contribution in [0.1, 0.15) is 32.1 Å². The molecule has 0 aromatic carbocycles. The maximum absolute atomic E-state index is 12.1. The molecular weight excluding hydrogens is 219 g/mol. The molecule has 0 aromatic heterocycles. The zero-order valence-electron chi connectivity index (χ0n) is 9.21. The van der Waals surface area contributed by atoms with Crippen LogP contribution in [0, 0.1) is 5.92 Å². The zero-order chi connectivity index (χ0) is 11.8. The highest BCUT2D eigenvalue weighted by atomic mass is 19.4. The predicted octanol–water partition coefficient (Wildman–Crippen LogP) is 2.17. The summed E-state index contributed by atoms with van der Waals surface area (Å²) in [4.78, 5) is 2.16. The van der Waals surface area contributed by atoms with E-state index in [1.807, 2.05) is 0 Å². The molecule has 0 bridgehead atoms. The van der Waals surface area contributed by atoms with E-state index in [4.69, 9.17) is 0 Å². The van der Waals surface area contributed by atoms with Crippen LogP contribution in [0.5, 0.6) is 0 Å². The number of likely N-dealkylation sites (tertiary alicyclic amines) is 1. The lowest BCUT2D eigenvalue weighted by Gasteiger charge is -2.34. The summed E-state index contributed by atoms with van der Waals surface area (Å²) in [5.74, 6) is -0.192. The molecule has 0 spiro atoms. The molecule has 94 valence electrons. The number of β-amino-alcohol motifs (C(OH)–C–C–N with tert-alkyl or cyclic N) is 1. The molecule has 1 aliphatic carbocycles. The second-order valence-corrected chi connectivity index (χ2v) is 5.02. The van der Waals surface area contributed by atoms with E-state index in [9.17, 15) is 18.3 Å². The fraction of sp³-hybridized carbons (Fsp3) is 1.00. The van der Waals surface area contributed by atoms with Gasteiger partial charge >= 0.3 is 6.18 Å². The van der Waals surface area contributed by atoms with Crippen LogP contribution < -0.4 is 0 Å². The number of aliphatic hydroxyl groups is 1. The molecule has 16 heavy (non-hydrogen) atoms. The van der Waals surface area contributed by atoms with Crippen LogP contribution in [0.15, 0.2) is 0 Å². The molecule has 1 heterocycles. The summed E-state index contributed by atoms with van der Waals surface area (Å²) < 4.78 is 36.2. The topological polar surface area (TPSA) is 23.5 Å². The Bertz CT molecular complexity index is 240. The third-order valence-corrected chi connectivity index (χ3v) is 3.82. The van der Waals surface area contributed by atoms with Crippen LogP contribution in [0.4, 0.5) is 13.2 Å². The number of alkyl halides is 3. The van der Waals surface area contributed by atoms with Crippen LogP contribution in [0.2, 0.25) is 0 Å². The van der Waals surface area contributed by atoms with Crippen molar-refractivity contribution in [1.29, 1.82) is 0 Å². The molecule has 5 heteroatoms. The molecule has 1 saturated carbocycles. The van der Waals surface area contributed by atoms with E-state index < -0.39 is 18.7 Å². The lowest BCUT2D eigenvalue weighted by molar-refractivity contribution is -0.138. The Labute approximate surface area is 93.4 Å². The van der Waals surface area contributed by atoms with Crippen LogP contribution in [-0.2, 0) is 0 Å². The van der Waals surface area contributed by atoms with Gasteiger partial charge in [-0.05, 0) is 25.2 Å². The molecule has 1 saturated heterocycles. The molecule has 1 N–H and O–H groups in total. The predicted molar refractivity (Wildman–Crippen MR) is 54.0 cm³/mol. The average molecular weight is 237 g/mol. The van der Waals surface area contributed by atoms with Crippen molar-refractivity contribution >= 4 is 0 Å². The molecule has 0 amide bonds. The van der Waals surface area contributed by atoms with Gasteiger partial charge in [0.05, 0.1) is 6.10 Å². The van der Waals surface area contributed by atoms with Crippen LogP contribution in [-0.4, -0.2) is 41.4 Å². The summed E-state index contributed by atoms with van der Waals surface area (Å²) in [6, 6.07) is 0.519. The first-order valence-electron chi connectivity index (χ1n) is 5.94. The van der Waals surface area contributed by atoms with Crippen molar-refractivity contribution < 1.29 is 18.3 Å². The number of hydrogen-bond donors (Lipinski definition) is 1. The van der Waals surface area contributed by atoms with E-state index >= 15 is 0 Å². The minimum Gasteiger partial charge on any atom is -0.391 e. The second-order valence-electron chi connectivity index (χ2n) is 5.02. The van der Waals surface area contributed by atoms with E-state index in [2.05, 4.69) is 4.90 Å². The highest BCUT2D eigenvalue weighted by Crippen LogP contribution is 2.33. The first-order chi connectivity index (χ1) is 7.46. The average Bonchev–Trinajstić information content (AvgIpc) is 2.39. The van der Waals surface area contributed by atoms with Gasteiger partial charge in [-0.15, -0.1) is 0 Å². The SMILES string of the molecule is O[C@@H]1CN(C2CCC2)C[C@H]1CCC(F)(F)F. The summed E-state index contributed by atoms with van der Waals surface area (Å²) in [5.41, 5.74) is 0. The molecule has 0 radical (unpaired) electrons. The van der Waals surface area contributed by atoms with E-state index in [0.717, 1.165) is 12.8 Å². The van der Waals surface area contributed by atoms with E-state index in [1.165, 1.54) is 6.42 Å². The van der Waals surface area contributed by atoms with Gasteiger partial charge < -0.3 is 5.11 Å². The number of hydrogen-bond acceptors (Lipinski definition) is 2. The smallest absolute Gasteiger partial charge is 0.389 e. The maximum atomic E-state index is 12.1. The quantitative estimate of drug-likeness (QED) is 0.813. The molecule has 2 atom stereocenters. The molecule has 2 nitrogen and oxygen atoms in total. The standard InChI is InChI=1S/C11H18F3NO/c12-11(13,14)5-4-8-6-15(7-10(8)16)9-2-1-3-9/h8-10,16H,1-7H2/t8-,10-/m1/s1. The minimum atomic E-state index is -4.09. The van der Waals surface area contributed by atoms with Crippen molar-refractivity contribution in [2.24, 2.45) is 5.92 Å². The summed E-state index contributed by atoms with van der Waals surface area (Å²) in [6.45, 7) is 1.20. The third-order valence-electron chi connectivity index (χ3n) is 3.82. The van der Waals surface area contributed by atoms with Gasteiger partial charge in [0.25, 0.3) is 0 Å². The minimum absolute atomic E-state index is 0.0634. The van der Waals surface area contributed by atoms with Gasteiger partial charge in [0.1, 0.15) is 0 Å². The van der Waals surface area contributed by atoms with Crippen LogP contribution in [0.25, 0.3) is 0 Å². The molecule has 2 aliphatic rings. The summed E-state index contributed by atoms with van der Waals surface area (Å²) >= 11 is 0. The Kier molecular flexibility index (Phi) is 3.45. The van der Waals surface area contributed by atoms with Crippen molar-refractivity contribution in [3.63, 3.8) is 0 Å². The van der Waals surface area contributed by atoms with Crippen molar-refractivity contribution in [2.45, 2.75) is 50.4 Å². The second kappa shape index (κ2) is 4.53. The molecule has 1 aliphatic heterocycles. The highest BCUT2D eigenvalue weighted by Gasteiger charge is 2.38. The van der Waals surface area contributed by atoms with Gasteiger partial charge in [0.15, 0.2) is 0 Å². The number of rotatable bonds is 3. The van der Waals surface area contributed by atoms with Gasteiger partial charge in [0.2, 0.25) is 0 Å². The van der Waals surface area contributed by atoms with Gasteiger partial charge in [-0.3, -0.25) is 4.90 Å². The Morgan fingerprint density at radius 1 is 1.19 bits per heavy atom. The Balaban J connectivity index is 1.78. The van der Waals surface area contributed by atoms with Gasteiger partial charge in [0, 0.05) is 25.6 Å². The van der Waals surface area contributed by atoms with E-state index in [1.54, 1.807) is 0 Å². The fourth-order valence-electron chi connectivity index (χ4n) is 2.57. The van der Waals surface area contributed by atoms with Gasteiger partial charge in [-0.1, -0.05) is 6.42 Å². The third kappa shape index (κ3) is 2.88. The highest BCUT2D eigenvalue weighted by molar-refractivity contribution is 4.90. The molecule has 0 aromatic rings. The molecule has 2 rings (SSSR count). The fourth-order valence-corrected chi connectivity index (χ4v) is 2.57. The van der Waals surface area contributed by atoms with Crippen molar-refractivity contribution in [3.05, 3.63) is 0 Å². The maximum Gasteiger partial charge on any atom is 0.389 e. The summed E-state index contributed by atoms with van der Waals surface area (Å²) in [5, 5.41) is 9.72. The largest absolute Gasteiger partial charge is 0.391 e. The Morgan fingerprint density at radius 2 is 1.88 bits per heavy atom. The lowest BCUT2D eigenvalue weighted by Crippen LogP contribution is -2.39. The number of halogens is 3. The number of nitrogens with zero attached hydrogens (tertiary/aromatic N) is 1. The van der Waals surface area contributed by atoms with E-state index in [0.29, 0.717) is 19.1 Å². The van der Waals surface area contributed by atoms with Gasteiger partial charge in [-0.2, -0.15) is 13.2 Å². The lowest BCUT2D eigenvalue weighted by atomic mass is 9.92. The van der Waals surface area contributed by atoms with Crippen LogP contribution >= 0.6 is 0 Å². The van der Waals surface area contributed by atoms with Crippen molar-refractivity contribution in [2.75, 3.05) is 13.1 Å². The summed E-state index contributed by atoms with van der Waals surface area (Å²) in [6.07, 6.45) is -1.88. The van der Waals surface area contributed by atoms with E-state index in [-0.39, 0.29) is 12.3 Å². The Hall–Kier alpha value is -0.290. The monoisotopic (exact) mass is 237 g/mol. The van der Waals surface area contributed by atoms with Crippen molar-refractivity contribution in [1.82, 2.24) is 4.90 Å². The molecule has 2 fully saturated rings. The normalized spacial score (nSPS) is 33.0. The first-order valence-corrected chi connectivity index (χ1v) is 5.94. The van der Waals surface area contributed by atoms with Crippen molar-refractivity contribution in [3.8, 4) is 0 Å². The summed E-state index contributed by atoms with van der Waals surface area (Å²) in [7, 11) is 0. The first kappa shape index (κ1) is 12.2.